The van der Waals surface area contributed by atoms with E-state index in [9.17, 15) is 4.39 Å². The van der Waals surface area contributed by atoms with Crippen LogP contribution in [0.3, 0.4) is 0 Å². The van der Waals surface area contributed by atoms with Crippen LogP contribution in [0.5, 0.6) is 0 Å². The summed E-state index contributed by atoms with van der Waals surface area (Å²) in [5.41, 5.74) is 3.59. The lowest BCUT2D eigenvalue weighted by Gasteiger charge is -2.29. The van der Waals surface area contributed by atoms with Crippen molar-refractivity contribution in [1.29, 1.82) is 0 Å². The van der Waals surface area contributed by atoms with Crippen LogP contribution in [-0.2, 0) is 15.9 Å². The summed E-state index contributed by atoms with van der Waals surface area (Å²) in [4.78, 5) is 14.3. The highest BCUT2D eigenvalue weighted by atomic mass is 19.1. The number of morpholine rings is 1. The van der Waals surface area contributed by atoms with Gasteiger partial charge in [0.25, 0.3) is 0 Å². The molecule has 0 radical (unpaired) electrons. The fourth-order valence-corrected chi connectivity index (χ4v) is 3.97. The lowest BCUT2D eigenvalue weighted by Crippen LogP contribution is -2.36. The normalized spacial score (nSPS) is 15.0. The lowest BCUT2D eigenvalue weighted by atomic mass is 9.99. The first-order valence-corrected chi connectivity index (χ1v) is 10.9. The Bertz CT molecular complexity index is 1270. The summed E-state index contributed by atoms with van der Waals surface area (Å²) in [6, 6.07) is 7.97. The van der Waals surface area contributed by atoms with Gasteiger partial charge in [0.2, 0.25) is 5.88 Å². The highest BCUT2D eigenvalue weighted by molar-refractivity contribution is 5.94. The summed E-state index contributed by atoms with van der Waals surface area (Å²) in [5.74, 6) is -0.414. The minimum Gasteiger partial charge on any atom is -0.481 e. The maximum absolute atomic E-state index is 15.1. The predicted molar refractivity (Wildman–Crippen MR) is 130 cm³/mol. The van der Waals surface area contributed by atoms with Crippen molar-refractivity contribution < 1.29 is 18.3 Å². The molecule has 3 aromatic rings. The van der Waals surface area contributed by atoms with E-state index >= 15 is 4.39 Å². The molecule has 0 bridgehead atoms. The first-order chi connectivity index (χ1) is 16.5. The van der Waals surface area contributed by atoms with Crippen molar-refractivity contribution in [2.45, 2.75) is 13.3 Å². The quantitative estimate of drug-likeness (QED) is 0.277. The summed E-state index contributed by atoms with van der Waals surface area (Å²) in [6.07, 6.45) is 5.56. The number of aromatic nitrogens is 2. The monoisotopic (exact) mass is 464 g/mol. The molecule has 1 fully saturated rings. The Kier molecular flexibility index (Phi) is 7.27. The number of allylic oxidation sites excluding steroid dienone is 3. The van der Waals surface area contributed by atoms with Gasteiger partial charge in [-0.1, -0.05) is 17.7 Å². The van der Waals surface area contributed by atoms with Crippen molar-refractivity contribution in [2.75, 3.05) is 38.3 Å². The predicted octanol–water partition coefficient (Wildman–Crippen LogP) is 5.09. The van der Waals surface area contributed by atoms with E-state index in [1.807, 2.05) is 17.9 Å². The molecule has 6 nitrogen and oxygen atoms in total. The molecule has 34 heavy (non-hydrogen) atoms. The molecule has 2 aromatic carbocycles. The standard InChI is InChI=1S/C26H26F2N4O2/c1-17(4-7-25(29-2)33-3)12-18-5-6-21(27)19(13-18)26-20-14-22(28)24(15-23(20)30-16-31-26)32-8-10-34-11-9-32/h4-7,13-16H,2,8-12H2,1,3H3/b17-4+,25-7+. The smallest absolute Gasteiger partial charge is 0.212 e. The first kappa shape index (κ1) is 23.5. The minimum absolute atomic E-state index is 0.303. The van der Waals surface area contributed by atoms with Crippen LogP contribution in [0.2, 0.25) is 0 Å². The maximum Gasteiger partial charge on any atom is 0.212 e. The van der Waals surface area contributed by atoms with Crippen LogP contribution in [0.25, 0.3) is 22.2 Å². The van der Waals surface area contributed by atoms with Crippen molar-refractivity contribution in [3.63, 3.8) is 0 Å². The summed E-state index contributed by atoms with van der Waals surface area (Å²) in [6.45, 7) is 7.71. The number of ether oxygens (including phenoxy) is 2. The van der Waals surface area contributed by atoms with Crippen molar-refractivity contribution in [1.82, 2.24) is 9.97 Å². The SMILES string of the molecule is C=N/C(=C\C=C(/C)Cc1ccc(F)c(-c2ncnc3cc(N4CCOCC4)c(F)cc23)c1)OC. The average molecular weight is 465 g/mol. The number of halogens is 2. The number of anilines is 1. The lowest BCUT2D eigenvalue weighted by molar-refractivity contribution is 0.122. The van der Waals surface area contributed by atoms with Crippen LogP contribution in [0, 0.1) is 11.6 Å². The van der Waals surface area contributed by atoms with Gasteiger partial charge in [-0.3, -0.25) is 0 Å². The van der Waals surface area contributed by atoms with Gasteiger partial charge in [0.05, 0.1) is 37.2 Å². The fraction of sp³-hybridized carbons (Fsp3) is 0.269. The number of methoxy groups -OCH3 is 1. The van der Waals surface area contributed by atoms with Gasteiger partial charge < -0.3 is 14.4 Å². The van der Waals surface area contributed by atoms with E-state index in [0.29, 0.717) is 66.5 Å². The Balaban J connectivity index is 1.70. The van der Waals surface area contributed by atoms with E-state index in [-0.39, 0.29) is 0 Å². The molecule has 0 N–H and O–H groups in total. The molecule has 0 aliphatic carbocycles. The summed E-state index contributed by atoms with van der Waals surface area (Å²) >= 11 is 0. The zero-order chi connectivity index (χ0) is 24.1. The van der Waals surface area contributed by atoms with Gasteiger partial charge in [-0.15, -0.1) is 0 Å². The van der Waals surface area contributed by atoms with Gasteiger partial charge in [0.1, 0.15) is 18.0 Å². The number of aliphatic imine (C=N–C) groups is 1. The Hall–Kier alpha value is -3.65. The average Bonchev–Trinajstić information content (AvgIpc) is 2.86. The zero-order valence-electron chi connectivity index (χ0n) is 19.2. The van der Waals surface area contributed by atoms with Crippen LogP contribution in [0.15, 0.2) is 65.3 Å². The number of rotatable bonds is 7. The van der Waals surface area contributed by atoms with Crippen molar-refractivity contribution in [2.24, 2.45) is 4.99 Å². The Morgan fingerprint density at radius 2 is 1.94 bits per heavy atom. The van der Waals surface area contributed by atoms with E-state index in [1.165, 1.54) is 25.6 Å². The topological polar surface area (TPSA) is 59.8 Å². The van der Waals surface area contributed by atoms with Crippen LogP contribution >= 0.6 is 0 Å². The molecular weight excluding hydrogens is 438 g/mol. The highest BCUT2D eigenvalue weighted by Gasteiger charge is 2.19. The van der Waals surface area contributed by atoms with Crippen LogP contribution in [0.4, 0.5) is 14.5 Å². The number of fused-ring (bicyclic) bond motifs is 1. The van der Waals surface area contributed by atoms with E-state index in [0.717, 1.165) is 11.1 Å². The summed E-state index contributed by atoms with van der Waals surface area (Å²) in [5, 5.41) is 0.463. The van der Waals surface area contributed by atoms with Crippen LogP contribution in [0.1, 0.15) is 12.5 Å². The molecule has 1 aliphatic rings. The van der Waals surface area contributed by atoms with Gasteiger partial charge in [-0.05, 0) is 49.9 Å². The molecule has 8 heteroatoms. The summed E-state index contributed by atoms with van der Waals surface area (Å²) in [7, 11) is 1.52. The van der Waals surface area contributed by atoms with E-state index in [1.54, 1.807) is 24.3 Å². The Morgan fingerprint density at radius 1 is 1.15 bits per heavy atom. The minimum atomic E-state index is -0.430. The molecule has 0 spiro atoms. The molecule has 0 unspecified atom stereocenters. The second-order valence-corrected chi connectivity index (χ2v) is 8.01. The number of hydrogen-bond donors (Lipinski definition) is 0. The molecule has 1 aliphatic heterocycles. The molecule has 176 valence electrons. The number of hydrogen-bond acceptors (Lipinski definition) is 6. The molecule has 2 heterocycles. The van der Waals surface area contributed by atoms with Gasteiger partial charge >= 0.3 is 0 Å². The Labute approximate surface area is 197 Å². The van der Waals surface area contributed by atoms with Crippen molar-refractivity contribution >= 4 is 23.3 Å². The highest BCUT2D eigenvalue weighted by Crippen LogP contribution is 2.33. The van der Waals surface area contributed by atoms with Crippen LogP contribution in [-0.4, -0.2) is 50.1 Å². The zero-order valence-corrected chi connectivity index (χ0v) is 19.2. The molecule has 0 saturated carbocycles. The molecule has 0 atom stereocenters. The van der Waals surface area contributed by atoms with Gasteiger partial charge in [-0.2, -0.15) is 0 Å². The second-order valence-electron chi connectivity index (χ2n) is 8.01. The van der Waals surface area contributed by atoms with E-state index in [4.69, 9.17) is 9.47 Å². The van der Waals surface area contributed by atoms with E-state index < -0.39 is 11.6 Å². The van der Waals surface area contributed by atoms with Crippen molar-refractivity contribution in [3.8, 4) is 11.3 Å². The molecular formula is C26H26F2N4O2. The third kappa shape index (κ3) is 5.12. The molecule has 4 rings (SSSR count). The third-order valence-electron chi connectivity index (χ3n) is 5.70. The van der Waals surface area contributed by atoms with Gasteiger partial charge in [-0.25, -0.2) is 23.7 Å². The molecule has 1 saturated heterocycles. The number of nitrogens with zero attached hydrogens (tertiary/aromatic N) is 4. The van der Waals surface area contributed by atoms with Gasteiger partial charge in [0.15, 0.2) is 0 Å². The van der Waals surface area contributed by atoms with Crippen LogP contribution < -0.4 is 4.90 Å². The molecule has 1 aromatic heterocycles. The van der Waals surface area contributed by atoms with E-state index in [2.05, 4.69) is 21.7 Å². The maximum atomic E-state index is 15.1. The molecule has 0 amide bonds. The van der Waals surface area contributed by atoms with Gasteiger partial charge in [0, 0.05) is 30.1 Å². The third-order valence-corrected chi connectivity index (χ3v) is 5.70. The summed E-state index contributed by atoms with van der Waals surface area (Å²) < 4.78 is 40.4. The number of benzene rings is 2. The largest absolute Gasteiger partial charge is 0.481 e. The van der Waals surface area contributed by atoms with Crippen molar-refractivity contribution in [3.05, 3.63) is 77.5 Å². The Morgan fingerprint density at radius 3 is 2.68 bits per heavy atom. The fourth-order valence-electron chi connectivity index (χ4n) is 3.97. The second kappa shape index (κ2) is 10.5. The first-order valence-electron chi connectivity index (χ1n) is 10.9.